The maximum absolute atomic E-state index is 10.9. The SMILES string of the molecule is Cc1ccccc1.Cc1ncnc(CCCc2ccc(Oc3c(Cl)cc([N+](=O)[O-])cc3Cl)cc2)c1Cl.O=S(=O)=O. The minimum Gasteiger partial charge on any atom is -0.454 e. The maximum atomic E-state index is 10.9. The van der Waals surface area contributed by atoms with Crippen molar-refractivity contribution in [3.8, 4) is 11.5 Å². The fourth-order valence-electron chi connectivity index (χ4n) is 3.27. The first kappa shape index (κ1) is 32.6. The molecule has 0 N–H and O–H groups in total. The molecular weight excluding hydrogens is 601 g/mol. The first-order chi connectivity index (χ1) is 19.0. The highest BCUT2D eigenvalue weighted by Gasteiger charge is 2.16. The van der Waals surface area contributed by atoms with Gasteiger partial charge in [0.1, 0.15) is 12.1 Å². The number of nitro groups is 1. The fraction of sp³-hybridized carbons (Fsp3) is 0.185. The fourth-order valence-corrected chi connectivity index (χ4v) is 4.01. The summed E-state index contributed by atoms with van der Waals surface area (Å²) in [5.41, 5.74) is 3.88. The summed E-state index contributed by atoms with van der Waals surface area (Å²) in [5, 5.41) is 11.6. The van der Waals surface area contributed by atoms with Gasteiger partial charge in [0.05, 0.1) is 31.4 Å². The number of nitrogens with zero attached hydrogens (tertiary/aromatic N) is 3. The number of aryl methyl sites for hydroxylation is 4. The van der Waals surface area contributed by atoms with Crippen molar-refractivity contribution in [3.05, 3.63) is 121 Å². The van der Waals surface area contributed by atoms with E-state index in [-0.39, 0.29) is 21.5 Å². The van der Waals surface area contributed by atoms with Crippen LogP contribution >= 0.6 is 34.8 Å². The average molecular weight is 625 g/mol. The van der Waals surface area contributed by atoms with Crippen molar-refractivity contribution in [1.29, 1.82) is 0 Å². The second-order valence-electron chi connectivity index (χ2n) is 8.17. The van der Waals surface area contributed by atoms with E-state index in [2.05, 4.69) is 29.0 Å². The Morgan fingerprint density at radius 1 is 0.875 bits per heavy atom. The van der Waals surface area contributed by atoms with Crippen LogP contribution in [-0.4, -0.2) is 27.5 Å². The van der Waals surface area contributed by atoms with Crippen molar-refractivity contribution in [2.45, 2.75) is 33.1 Å². The van der Waals surface area contributed by atoms with E-state index in [1.165, 1.54) is 24.0 Å². The first-order valence-corrected chi connectivity index (χ1v) is 13.8. The van der Waals surface area contributed by atoms with Crippen molar-refractivity contribution in [2.75, 3.05) is 0 Å². The molecule has 0 bridgehead atoms. The second kappa shape index (κ2) is 16.5. The lowest BCUT2D eigenvalue weighted by atomic mass is 10.1. The summed E-state index contributed by atoms with van der Waals surface area (Å²) < 4.78 is 31.0. The van der Waals surface area contributed by atoms with Gasteiger partial charge in [-0.25, -0.2) is 9.97 Å². The Labute approximate surface area is 247 Å². The molecule has 13 heteroatoms. The Morgan fingerprint density at radius 3 is 1.95 bits per heavy atom. The van der Waals surface area contributed by atoms with E-state index in [0.717, 1.165) is 36.2 Å². The van der Waals surface area contributed by atoms with Crippen LogP contribution in [0.25, 0.3) is 0 Å². The number of nitro benzene ring substituents is 1. The molecule has 0 unspecified atom stereocenters. The van der Waals surface area contributed by atoms with Gasteiger partial charge in [0, 0.05) is 12.1 Å². The lowest BCUT2D eigenvalue weighted by molar-refractivity contribution is -0.384. The summed E-state index contributed by atoms with van der Waals surface area (Å²) >= 11 is 18.4. The van der Waals surface area contributed by atoms with Crippen LogP contribution < -0.4 is 4.74 Å². The minimum atomic E-state index is -3.11. The lowest BCUT2D eigenvalue weighted by Gasteiger charge is -2.10. The predicted octanol–water partition coefficient (Wildman–Crippen LogP) is 7.61. The van der Waals surface area contributed by atoms with Crippen molar-refractivity contribution in [1.82, 2.24) is 9.97 Å². The van der Waals surface area contributed by atoms with E-state index < -0.39 is 15.5 Å². The molecular formula is C27H24Cl3N3O6S. The molecule has 0 atom stereocenters. The Hall–Kier alpha value is -3.57. The zero-order valence-corrected chi connectivity index (χ0v) is 24.5. The van der Waals surface area contributed by atoms with Gasteiger partial charge < -0.3 is 4.74 Å². The molecule has 0 aliphatic heterocycles. The molecule has 0 radical (unpaired) electrons. The maximum Gasteiger partial charge on any atom is 0.425 e. The normalized spacial score (nSPS) is 9.93. The smallest absolute Gasteiger partial charge is 0.425 e. The van der Waals surface area contributed by atoms with Gasteiger partial charge in [0.2, 0.25) is 0 Å². The van der Waals surface area contributed by atoms with E-state index in [1.807, 2.05) is 37.3 Å². The molecule has 40 heavy (non-hydrogen) atoms. The van der Waals surface area contributed by atoms with Crippen molar-refractivity contribution < 1.29 is 22.3 Å². The van der Waals surface area contributed by atoms with E-state index in [4.69, 9.17) is 52.2 Å². The van der Waals surface area contributed by atoms with E-state index in [1.54, 1.807) is 12.1 Å². The van der Waals surface area contributed by atoms with Gasteiger partial charge in [-0.05, 0) is 50.8 Å². The zero-order valence-electron chi connectivity index (χ0n) is 21.4. The zero-order chi connectivity index (χ0) is 29.7. The van der Waals surface area contributed by atoms with Crippen LogP contribution in [0.15, 0.2) is 73.1 Å². The number of hydrogen-bond donors (Lipinski definition) is 0. The predicted molar refractivity (Wildman–Crippen MR) is 154 cm³/mol. The summed E-state index contributed by atoms with van der Waals surface area (Å²) in [7, 11) is -3.11. The summed E-state index contributed by atoms with van der Waals surface area (Å²) in [6.45, 7) is 3.94. The first-order valence-electron chi connectivity index (χ1n) is 11.6. The third kappa shape index (κ3) is 11.3. The van der Waals surface area contributed by atoms with Crippen molar-refractivity contribution in [3.63, 3.8) is 0 Å². The van der Waals surface area contributed by atoms with Crippen LogP contribution in [0.3, 0.4) is 0 Å². The van der Waals surface area contributed by atoms with Gasteiger partial charge >= 0.3 is 10.6 Å². The summed E-state index contributed by atoms with van der Waals surface area (Å²) in [6, 6.07) is 20.1. The third-order valence-electron chi connectivity index (χ3n) is 5.19. The standard InChI is InChI=1S/C20H16Cl3N3O3.C7H8.O3S/c1-12-19(23)18(25-11-24-12)4-2-3-13-5-7-15(8-6-13)29-20-16(21)9-14(26(27)28)10-17(20)22;1-7-5-3-2-4-6-7;1-4(2)3/h5-11H,2-4H2,1H3;2-6H,1H3;. The van der Waals surface area contributed by atoms with Crippen molar-refractivity contribution >= 4 is 51.1 Å². The van der Waals surface area contributed by atoms with Crippen LogP contribution in [0, 0.1) is 24.0 Å². The summed E-state index contributed by atoms with van der Waals surface area (Å²) in [4.78, 5) is 18.6. The van der Waals surface area contributed by atoms with E-state index in [9.17, 15) is 10.1 Å². The molecule has 0 saturated carbocycles. The largest absolute Gasteiger partial charge is 0.454 e. The molecule has 1 aromatic heterocycles. The monoisotopic (exact) mass is 623 g/mol. The number of ether oxygens (including phenoxy) is 1. The average Bonchev–Trinajstić information content (AvgIpc) is 2.90. The topological polar surface area (TPSA) is 129 Å². The van der Waals surface area contributed by atoms with Gasteiger partial charge in [-0.3, -0.25) is 10.1 Å². The molecule has 210 valence electrons. The quantitative estimate of drug-likeness (QED) is 0.152. The number of hydrogen-bond acceptors (Lipinski definition) is 8. The molecule has 0 spiro atoms. The van der Waals surface area contributed by atoms with Crippen molar-refractivity contribution in [2.24, 2.45) is 0 Å². The third-order valence-corrected chi connectivity index (χ3v) is 6.25. The molecule has 0 aliphatic rings. The van der Waals surface area contributed by atoms with Gasteiger partial charge in [-0.2, -0.15) is 0 Å². The highest BCUT2D eigenvalue weighted by atomic mass is 35.5. The van der Waals surface area contributed by atoms with E-state index in [0.29, 0.717) is 10.8 Å². The number of aromatic nitrogens is 2. The number of rotatable bonds is 7. The number of non-ortho nitro benzene ring substituents is 1. The van der Waals surface area contributed by atoms with Crippen LogP contribution in [0.1, 0.15) is 28.9 Å². The molecule has 0 saturated heterocycles. The molecule has 0 fully saturated rings. The lowest BCUT2D eigenvalue weighted by Crippen LogP contribution is -1.97. The number of benzene rings is 3. The molecule has 4 aromatic rings. The molecule has 0 amide bonds. The Morgan fingerprint density at radius 2 is 1.45 bits per heavy atom. The van der Waals surface area contributed by atoms with Crippen LogP contribution in [0.2, 0.25) is 15.1 Å². The second-order valence-corrected chi connectivity index (χ2v) is 9.77. The number of halogens is 3. The van der Waals surface area contributed by atoms with Gasteiger partial charge in [-0.15, -0.1) is 12.6 Å². The highest BCUT2D eigenvalue weighted by molar-refractivity contribution is 7.59. The molecule has 1 heterocycles. The summed E-state index contributed by atoms with van der Waals surface area (Å²) in [5.74, 6) is 0.710. The molecule has 9 nitrogen and oxygen atoms in total. The molecule has 4 rings (SSSR count). The molecule has 3 aromatic carbocycles. The molecule has 0 aliphatic carbocycles. The van der Waals surface area contributed by atoms with E-state index >= 15 is 0 Å². The minimum absolute atomic E-state index is 0.0744. The Balaban J connectivity index is 0.000000426. The van der Waals surface area contributed by atoms with Gasteiger partial charge in [0.15, 0.2) is 5.75 Å². The highest BCUT2D eigenvalue weighted by Crippen LogP contribution is 2.39. The Kier molecular flexibility index (Phi) is 13.5. The van der Waals surface area contributed by atoms with Crippen LogP contribution in [0.4, 0.5) is 5.69 Å². The van der Waals surface area contributed by atoms with Crippen LogP contribution in [0.5, 0.6) is 11.5 Å². The summed E-state index contributed by atoms with van der Waals surface area (Å²) in [6.07, 6.45) is 4.01. The van der Waals surface area contributed by atoms with Crippen LogP contribution in [-0.2, 0) is 23.5 Å². The van der Waals surface area contributed by atoms with Gasteiger partial charge in [-0.1, -0.05) is 82.8 Å². The Bertz CT molecular complexity index is 1510. The van der Waals surface area contributed by atoms with Gasteiger partial charge in [0.25, 0.3) is 5.69 Å².